The molecule has 0 aliphatic rings. The third kappa shape index (κ3) is 7.14. The van der Waals surface area contributed by atoms with E-state index in [9.17, 15) is 4.79 Å². The van der Waals surface area contributed by atoms with Crippen LogP contribution in [0.15, 0.2) is 79.0 Å². The van der Waals surface area contributed by atoms with Crippen LogP contribution < -0.4 is 39.1 Å². The Kier molecular flexibility index (Phi) is 9.95. The predicted molar refractivity (Wildman–Crippen MR) is 180 cm³/mol. The van der Waals surface area contributed by atoms with E-state index >= 15 is 0 Å². The smallest absolute Gasteiger partial charge is 0.262 e. The van der Waals surface area contributed by atoms with Crippen LogP contribution in [0.4, 0.5) is 17.3 Å². The maximum atomic E-state index is 13.7. The Bertz CT molecular complexity index is 1870. The molecular weight excluding hydrogens is 600 g/mol. The van der Waals surface area contributed by atoms with E-state index in [1.54, 1.807) is 32.4 Å². The first-order chi connectivity index (χ1) is 22.8. The van der Waals surface area contributed by atoms with E-state index < -0.39 is 5.91 Å². The van der Waals surface area contributed by atoms with E-state index in [1.807, 2.05) is 68.4 Å². The molecule has 11 heteroatoms. The molecule has 4 aromatic carbocycles. The Morgan fingerprint density at radius 3 is 1.98 bits per heavy atom. The lowest BCUT2D eigenvalue weighted by molar-refractivity contribution is 0.102. The summed E-state index contributed by atoms with van der Waals surface area (Å²) in [6.45, 7) is 3.85. The molecule has 0 bridgehead atoms. The number of amides is 1. The summed E-state index contributed by atoms with van der Waals surface area (Å²) in [6.07, 6.45) is 1.41. The minimum absolute atomic E-state index is 0.00566. The number of carbonyl (C=O) groups excluding carboxylic acids is 1. The summed E-state index contributed by atoms with van der Waals surface area (Å²) in [5.41, 5.74) is 5.01. The Balaban J connectivity index is 1.54. The second-order valence-corrected chi connectivity index (χ2v) is 10.4. The van der Waals surface area contributed by atoms with Crippen molar-refractivity contribution in [1.82, 2.24) is 9.97 Å². The highest BCUT2D eigenvalue weighted by Crippen LogP contribution is 2.41. The monoisotopic (exact) mass is 636 g/mol. The van der Waals surface area contributed by atoms with Gasteiger partial charge in [-0.05, 0) is 60.4 Å². The number of methoxy groups -OCH3 is 5. The highest BCUT2D eigenvalue weighted by molar-refractivity contribution is 6.06. The van der Waals surface area contributed by atoms with E-state index in [1.165, 1.54) is 27.5 Å². The summed E-state index contributed by atoms with van der Waals surface area (Å²) < 4.78 is 33.8. The summed E-state index contributed by atoms with van der Waals surface area (Å²) in [7, 11) is 7.75. The van der Waals surface area contributed by atoms with E-state index in [-0.39, 0.29) is 17.4 Å². The van der Waals surface area contributed by atoms with E-state index in [4.69, 9.17) is 28.4 Å². The fourth-order valence-electron chi connectivity index (χ4n) is 4.97. The van der Waals surface area contributed by atoms with Crippen LogP contribution in [0.3, 0.4) is 0 Å². The quantitative estimate of drug-likeness (QED) is 0.142. The van der Waals surface area contributed by atoms with Gasteiger partial charge in [-0.25, -0.2) is 4.98 Å². The maximum absolute atomic E-state index is 13.7. The SMILES string of the molecule is COc1cccc(-c2ccc(Oc3nc(Nc4cc(OC)c(OC)c(OC)c4)ncc3C(=O)Nc3c(C)cccc3C)c(OC)c2)c1. The summed E-state index contributed by atoms with van der Waals surface area (Å²) in [4.78, 5) is 22.8. The van der Waals surface area contributed by atoms with Crippen LogP contribution >= 0.6 is 0 Å². The molecule has 242 valence electrons. The molecule has 5 rings (SSSR count). The van der Waals surface area contributed by atoms with Crippen LogP contribution in [0.25, 0.3) is 11.1 Å². The van der Waals surface area contributed by atoms with Gasteiger partial charge in [0.1, 0.15) is 11.3 Å². The van der Waals surface area contributed by atoms with Crippen LogP contribution in [-0.4, -0.2) is 51.4 Å². The molecule has 0 spiro atoms. The molecule has 1 heterocycles. The highest BCUT2D eigenvalue weighted by atomic mass is 16.5. The highest BCUT2D eigenvalue weighted by Gasteiger charge is 2.21. The van der Waals surface area contributed by atoms with Gasteiger partial charge < -0.3 is 39.1 Å². The van der Waals surface area contributed by atoms with Gasteiger partial charge in [0.15, 0.2) is 23.0 Å². The van der Waals surface area contributed by atoms with Gasteiger partial charge in [-0.15, -0.1) is 0 Å². The lowest BCUT2D eigenvalue weighted by Crippen LogP contribution is -2.16. The zero-order valence-electron chi connectivity index (χ0n) is 27.3. The van der Waals surface area contributed by atoms with Gasteiger partial charge in [0.25, 0.3) is 5.91 Å². The predicted octanol–water partition coefficient (Wildman–Crippen LogP) is 7.59. The number of carbonyl (C=O) groups is 1. The molecule has 47 heavy (non-hydrogen) atoms. The van der Waals surface area contributed by atoms with Gasteiger partial charge in [-0.1, -0.05) is 36.4 Å². The van der Waals surface area contributed by atoms with Crippen molar-refractivity contribution < 1.29 is 33.2 Å². The molecular formula is C36H36N4O7. The van der Waals surface area contributed by atoms with Gasteiger partial charge >= 0.3 is 0 Å². The molecule has 0 radical (unpaired) electrons. The molecule has 5 aromatic rings. The molecule has 0 saturated carbocycles. The van der Waals surface area contributed by atoms with E-state index in [0.29, 0.717) is 40.1 Å². The minimum atomic E-state index is -0.441. The fourth-order valence-corrected chi connectivity index (χ4v) is 4.97. The van der Waals surface area contributed by atoms with Gasteiger partial charge in [0.05, 0.1) is 35.5 Å². The number of aromatic nitrogens is 2. The molecule has 0 atom stereocenters. The normalized spacial score (nSPS) is 10.5. The molecule has 0 aliphatic carbocycles. The standard InChI is InChI=1S/C36H36N4O7/c1-21-10-8-11-22(2)32(21)39-34(41)27-20-37-36(38-25-18-30(44-5)33(46-7)31(19-25)45-6)40-35(27)47-28-15-14-24(17-29(28)43-4)23-12-9-13-26(16-23)42-3/h8-20H,1-7H3,(H,39,41)(H,37,38,40). The Morgan fingerprint density at radius 2 is 1.34 bits per heavy atom. The van der Waals surface area contributed by atoms with Crippen LogP contribution in [0.1, 0.15) is 21.5 Å². The first kappa shape index (κ1) is 32.4. The van der Waals surface area contributed by atoms with Crippen molar-refractivity contribution in [3.8, 4) is 51.5 Å². The van der Waals surface area contributed by atoms with Crippen LogP contribution in [-0.2, 0) is 0 Å². The molecule has 0 aliphatic heterocycles. The maximum Gasteiger partial charge on any atom is 0.262 e. The zero-order chi connectivity index (χ0) is 33.5. The minimum Gasteiger partial charge on any atom is -0.497 e. The van der Waals surface area contributed by atoms with Gasteiger partial charge in [-0.2, -0.15) is 4.98 Å². The number of hydrogen-bond donors (Lipinski definition) is 2. The van der Waals surface area contributed by atoms with Crippen LogP contribution in [0.5, 0.6) is 40.4 Å². The number of ether oxygens (including phenoxy) is 6. The van der Waals surface area contributed by atoms with Crippen molar-refractivity contribution in [2.45, 2.75) is 13.8 Å². The summed E-state index contributed by atoms with van der Waals surface area (Å²) in [6, 6.07) is 22.4. The number of nitrogens with one attached hydrogen (secondary N) is 2. The lowest BCUT2D eigenvalue weighted by Gasteiger charge is -2.17. The number of anilines is 3. The molecule has 1 amide bonds. The second kappa shape index (κ2) is 14.4. The van der Waals surface area contributed by atoms with Crippen molar-refractivity contribution >= 4 is 23.2 Å². The van der Waals surface area contributed by atoms with Crippen molar-refractivity contribution in [2.75, 3.05) is 46.2 Å². The number of aryl methyl sites for hydroxylation is 2. The lowest BCUT2D eigenvalue weighted by atomic mass is 10.0. The first-order valence-electron chi connectivity index (χ1n) is 14.6. The number of para-hydroxylation sites is 1. The second-order valence-electron chi connectivity index (χ2n) is 10.4. The zero-order valence-corrected chi connectivity index (χ0v) is 27.3. The van der Waals surface area contributed by atoms with E-state index in [2.05, 4.69) is 20.6 Å². The van der Waals surface area contributed by atoms with Crippen molar-refractivity contribution in [2.24, 2.45) is 0 Å². The van der Waals surface area contributed by atoms with Gasteiger partial charge in [0.2, 0.25) is 17.6 Å². The van der Waals surface area contributed by atoms with Crippen molar-refractivity contribution in [3.63, 3.8) is 0 Å². The van der Waals surface area contributed by atoms with Crippen molar-refractivity contribution in [1.29, 1.82) is 0 Å². The molecule has 2 N–H and O–H groups in total. The van der Waals surface area contributed by atoms with Crippen LogP contribution in [0.2, 0.25) is 0 Å². The first-order valence-corrected chi connectivity index (χ1v) is 14.6. The third-order valence-electron chi connectivity index (χ3n) is 7.41. The average Bonchev–Trinajstić information content (AvgIpc) is 3.09. The summed E-state index contributed by atoms with van der Waals surface area (Å²) >= 11 is 0. The van der Waals surface area contributed by atoms with Crippen molar-refractivity contribution in [3.05, 3.63) is 95.7 Å². The third-order valence-corrected chi connectivity index (χ3v) is 7.41. The van der Waals surface area contributed by atoms with Crippen LogP contribution in [0, 0.1) is 13.8 Å². The Labute approximate surface area is 273 Å². The largest absolute Gasteiger partial charge is 0.497 e. The Hall–Kier alpha value is -5.97. The van der Waals surface area contributed by atoms with Gasteiger partial charge in [0, 0.05) is 29.7 Å². The summed E-state index contributed by atoms with van der Waals surface area (Å²) in [5, 5.41) is 6.14. The average molecular weight is 637 g/mol. The molecule has 0 unspecified atom stereocenters. The number of benzene rings is 4. The molecule has 0 saturated heterocycles. The summed E-state index contributed by atoms with van der Waals surface area (Å²) in [5.74, 6) is 2.55. The van der Waals surface area contributed by atoms with Gasteiger partial charge in [-0.3, -0.25) is 4.79 Å². The number of hydrogen-bond acceptors (Lipinski definition) is 10. The number of nitrogens with zero attached hydrogens (tertiary/aromatic N) is 2. The topological polar surface area (TPSA) is 122 Å². The Morgan fingerprint density at radius 1 is 0.681 bits per heavy atom. The number of rotatable bonds is 12. The van der Waals surface area contributed by atoms with E-state index in [0.717, 1.165) is 28.0 Å². The molecule has 1 aromatic heterocycles. The molecule has 0 fully saturated rings. The molecule has 11 nitrogen and oxygen atoms in total. The fraction of sp³-hybridized carbons (Fsp3) is 0.194.